The average Bonchev–Trinajstić information content (AvgIpc) is 2.49. The average molecular weight is 268 g/mol. The number of para-hydroxylation sites is 1. The second kappa shape index (κ2) is 7.34. The van der Waals surface area contributed by atoms with E-state index in [-0.39, 0.29) is 6.03 Å². The summed E-state index contributed by atoms with van der Waals surface area (Å²) in [7, 11) is 0. The van der Waals surface area contributed by atoms with Gasteiger partial charge in [0.2, 0.25) is 0 Å². The molecule has 2 amide bonds. The van der Waals surface area contributed by atoms with Crippen molar-refractivity contribution in [2.75, 3.05) is 5.32 Å². The maximum atomic E-state index is 11.9. The number of carbonyl (C=O) groups is 1. The highest BCUT2D eigenvalue weighted by atomic mass is 16.2. The highest BCUT2D eigenvalue weighted by Gasteiger charge is 2.05. The summed E-state index contributed by atoms with van der Waals surface area (Å²) in [6, 6.07) is 17.6. The first-order valence-electron chi connectivity index (χ1n) is 6.96. The molecule has 0 heterocycles. The standard InChI is InChI=1S/C17H20N2O/c1-2-8-15-11-6-7-12-16(15)19-17(20)18-13-14-9-4-3-5-10-14/h3-7,9-12H,2,8,13H2,1H3,(H2,18,19,20). The lowest BCUT2D eigenvalue weighted by molar-refractivity contribution is 0.251. The lowest BCUT2D eigenvalue weighted by Gasteiger charge is -2.11. The number of anilines is 1. The predicted octanol–water partition coefficient (Wildman–Crippen LogP) is 3.96. The molecular formula is C17H20N2O. The zero-order chi connectivity index (χ0) is 14.2. The maximum absolute atomic E-state index is 11.9. The third-order valence-electron chi connectivity index (χ3n) is 3.08. The van der Waals surface area contributed by atoms with E-state index in [0.717, 1.165) is 24.1 Å². The minimum absolute atomic E-state index is 0.169. The van der Waals surface area contributed by atoms with E-state index in [2.05, 4.69) is 23.6 Å². The first kappa shape index (κ1) is 14.1. The van der Waals surface area contributed by atoms with E-state index in [1.54, 1.807) is 0 Å². The topological polar surface area (TPSA) is 41.1 Å². The number of nitrogens with one attached hydrogen (secondary N) is 2. The van der Waals surface area contributed by atoms with Gasteiger partial charge in [-0.1, -0.05) is 61.9 Å². The van der Waals surface area contributed by atoms with Gasteiger partial charge in [-0.3, -0.25) is 0 Å². The number of aryl methyl sites for hydroxylation is 1. The van der Waals surface area contributed by atoms with Gasteiger partial charge in [-0.2, -0.15) is 0 Å². The molecule has 0 unspecified atom stereocenters. The predicted molar refractivity (Wildman–Crippen MR) is 82.7 cm³/mol. The Bertz CT molecular complexity index is 552. The zero-order valence-corrected chi connectivity index (χ0v) is 11.7. The molecule has 0 atom stereocenters. The summed E-state index contributed by atoms with van der Waals surface area (Å²) in [5, 5.41) is 5.78. The smallest absolute Gasteiger partial charge is 0.319 e. The normalized spacial score (nSPS) is 10.1. The van der Waals surface area contributed by atoms with E-state index >= 15 is 0 Å². The Kier molecular flexibility index (Phi) is 5.18. The summed E-state index contributed by atoms with van der Waals surface area (Å²) in [4.78, 5) is 11.9. The fourth-order valence-electron chi connectivity index (χ4n) is 2.07. The van der Waals surface area contributed by atoms with E-state index in [4.69, 9.17) is 0 Å². The molecule has 0 aliphatic heterocycles. The minimum atomic E-state index is -0.169. The number of amides is 2. The van der Waals surface area contributed by atoms with Gasteiger partial charge in [-0.15, -0.1) is 0 Å². The molecule has 0 radical (unpaired) electrons. The van der Waals surface area contributed by atoms with Crippen molar-refractivity contribution >= 4 is 11.7 Å². The molecule has 0 bridgehead atoms. The van der Waals surface area contributed by atoms with E-state index < -0.39 is 0 Å². The van der Waals surface area contributed by atoms with Gasteiger partial charge in [0, 0.05) is 12.2 Å². The van der Waals surface area contributed by atoms with Crippen molar-refractivity contribution in [3.63, 3.8) is 0 Å². The van der Waals surface area contributed by atoms with Gasteiger partial charge in [-0.05, 0) is 23.6 Å². The van der Waals surface area contributed by atoms with E-state index in [9.17, 15) is 4.79 Å². The van der Waals surface area contributed by atoms with Gasteiger partial charge in [0.05, 0.1) is 0 Å². The molecule has 0 spiro atoms. The van der Waals surface area contributed by atoms with Crippen LogP contribution in [-0.4, -0.2) is 6.03 Å². The summed E-state index contributed by atoms with van der Waals surface area (Å²) >= 11 is 0. The molecule has 3 heteroatoms. The van der Waals surface area contributed by atoms with Crippen LogP contribution in [0.2, 0.25) is 0 Å². The van der Waals surface area contributed by atoms with Crippen LogP contribution >= 0.6 is 0 Å². The minimum Gasteiger partial charge on any atom is -0.334 e. The van der Waals surface area contributed by atoms with Crippen LogP contribution < -0.4 is 10.6 Å². The molecule has 2 rings (SSSR count). The number of benzene rings is 2. The van der Waals surface area contributed by atoms with Crippen LogP contribution in [-0.2, 0) is 13.0 Å². The lowest BCUT2D eigenvalue weighted by Crippen LogP contribution is -2.28. The van der Waals surface area contributed by atoms with Crippen LogP contribution in [0.3, 0.4) is 0 Å². The summed E-state index contributed by atoms with van der Waals surface area (Å²) in [5.74, 6) is 0. The third-order valence-corrected chi connectivity index (χ3v) is 3.08. The summed E-state index contributed by atoms with van der Waals surface area (Å²) < 4.78 is 0. The number of rotatable bonds is 5. The van der Waals surface area contributed by atoms with Crippen molar-refractivity contribution in [2.24, 2.45) is 0 Å². The van der Waals surface area contributed by atoms with E-state index in [0.29, 0.717) is 6.54 Å². The Morgan fingerprint density at radius 3 is 2.45 bits per heavy atom. The zero-order valence-electron chi connectivity index (χ0n) is 11.7. The largest absolute Gasteiger partial charge is 0.334 e. The van der Waals surface area contributed by atoms with Gasteiger partial charge in [-0.25, -0.2) is 4.79 Å². The summed E-state index contributed by atoms with van der Waals surface area (Å²) in [6.07, 6.45) is 2.03. The first-order chi connectivity index (χ1) is 9.79. The maximum Gasteiger partial charge on any atom is 0.319 e. The molecule has 0 saturated carbocycles. The molecule has 3 nitrogen and oxygen atoms in total. The molecule has 0 aliphatic rings. The van der Waals surface area contributed by atoms with E-state index in [1.807, 2.05) is 48.5 Å². The van der Waals surface area contributed by atoms with Crippen LogP contribution in [0.5, 0.6) is 0 Å². The number of carbonyl (C=O) groups excluding carboxylic acids is 1. The number of hydrogen-bond donors (Lipinski definition) is 2. The molecule has 2 aromatic carbocycles. The van der Waals surface area contributed by atoms with E-state index in [1.165, 1.54) is 5.56 Å². The lowest BCUT2D eigenvalue weighted by atomic mass is 10.1. The molecule has 20 heavy (non-hydrogen) atoms. The monoisotopic (exact) mass is 268 g/mol. The quantitative estimate of drug-likeness (QED) is 0.846. The fourth-order valence-corrected chi connectivity index (χ4v) is 2.07. The van der Waals surface area contributed by atoms with Crippen LogP contribution in [0, 0.1) is 0 Å². The van der Waals surface area contributed by atoms with Crippen LogP contribution in [0.15, 0.2) is 54.6 Å². The van der Waals surface area contributed by atoms with Crippen LogP contribution in [0.4, 0.5) is 10.5 Å². The highest BCUT2D eigenvalue weighted by Crippen LogP contribution is 2.16. The molecule has 2 aromatic rings. The number of urea groups is 1. The van der Waals surface area contributed by atoms with Crippen molar-refractivity contribution in [3.05, 3.63) is 65.7 Å². The molecule has 0 fully saturated rings. The van der Waals surface area contributed by atoms with Crippen molar-refractivity contribution in [1.82, 2.24) is 5.32 Å². The first-order valence-corrected chi connectivity index (χ1v) is 6.96. The van der Waals surface area contributed by atoms with Gasteiger partial charge in [0.1, 0.15) is 0 Å². The Labute approximate surface area is 120 Å². The number of hydrogen-bond acceptors (Lipinski definition) is 1. The molecule has 0 saturated heterocycles. The Morgan fingerprint density at radius 2 is 1.70 bits per heavy atom. The van der Waals surface area contributed by atoms with Crippen molar-refractivity contribution in [3.8, 4) is 0 Å². The van der Waals surface area contributed by atoms with Crippen molar-refractivity contribution < 1.29 is 4.79 Å². The Hall–Kier alpha value is -2.29. The SMILES string of the molecule is CCCc1ccccc1NC(=O)NCc1ccccc1. The van der Waals surface area contributed by atoms with Gasteiger partial charge in [0.15, 0.2) is 0 Å². The van der Waals surface area contributed by atoms with Crippen molar-refractivity contribution in [1.29, 1.82) is 0 Å². The molecule has 104 valence electrons. The second-order valence-electron chi connectivity index (χ2n) is 4.70. The van der Waals surface area contributed by atoms with Gasteiger partial charge < -0.3 is 10.6 Å². The Morgan fingerprint density at radius 1 is 1.00 bits per heavy atom. The second-order valence-corrected chi connectivity index (χ2v) is 4.70. The van der Waals surface area contributed by atoms with Crippen LogP contribution in [0.25, 0.3) is 0 Å². The summed E-state index contributed by atoms with van der Waals surface area (Å²) in [5.41, 5.74) is 3.15. The third kappa shape index (κ3) is 4.12. The highest BCUT2D eigenvalue weighted by molar-refractivity contribution is 5.90. The molecule has 2 N–H and O–H groups in total. The van der Waals surface area contributed by atoms with Crippen LogP contribution in [0.1, 0.15) is 24.5 Å². The molecule has 0 aromatic heterocycles. The molecular weight excluding hydrogens is 248 g/mol. The van der Waals surface area contributed by atoms with Gasteiger partial charge in [0.25, 0.3) is 0 Å². The van der Waals surface area contributed by atoms with Gasteiger partial charge >= 0.3 is 6.03 Å². The molecule has 0 aliphatic carbocycles. The fraction of sp³-hybridized carbons (Fsp3) is 0.235. The summed E-state index contributed by atoms with van der Waals surface area (Å²) in [6.45, 7) is 2.66. The Balaban J connectivity index is 1.91. The van der Waals surface area contributed by atoms with Crippen molar-refractivity contribution in [2.45, 2.75) is 26.3 Å².